The van der Waals surface area contributed by atoms with Crippen LogP contribution in [0.2, 0.25) is 0 Å². The van der Waals surface area contributed by atoms with Crippen LogP contribution in [0.5, 0.6) is 0 Å². The van der Waals surface area contributed by atoms with E-state index in [1.807, 2.05) is 0 Å². The van der Waals surface area contributed by atoms with Crippen LogP contribution in [0, 0.1) is 5.92 Å². The number of nitrogens with zero attached hydrogens (tertiary/aromatic N) is 1. The molecule has 0 aromatic heterocycles. The van der Waals surface area contributed by atoms with Crippen LogP contribution >= 0.6 is 0 Å². The third kappa shape index (κ3) is 3.97. The summed E-state index contributed by atoms with van der Waals surface area (Å²) in [6, 6.07) is 0. The Morgan fingerprint density at radius 2 is 1.64 bits per heavy atom. The summed E-state index contributed by atoms with van der Waals surface area (Å²) >= 11 is 0. The zero-order valence-electron chi connectivity index (χ0n) is 10.6. The first kappa shape index (κ1) is 13.9. The van der Waals surface area contributed by atoms with E-state index in [0.29, 0.717) is 0 Å². The molecule has 0 rings (SSSR count). The summed E-state index contributed by atoms with van der Waals surface area (Å²) in [5.74, 6) is 0.820. The predicted octanol–water partition coefficient (Wildman–Crippen LogP) is 2.48. The van der Waals surface area contributed by atoms with Crippen LogP contribution < -0.4 is 5.73 Å². The molecular formula is C12H28N2. The Kier molecular flexibility index (Phi) is 6.38. The van der Waals surface area contributed by atoms with Crippen molar-refractivity contribution in [1.29, 1.82) is 0 Å². The Labute approximate surface area is 89.9 Å². The van der Waals surface area contributed by atoms with E-state index in [1.54, 1.807) is 0 Å². The first-order valence-corrected chi connectivity index (χ1v) is 5.96. The fourth-order valence-corrected chi connectivity index (χ4v) is 1.79. The smallest absolute Gasteiger partial charge is 0.0275 e. The molecule has 0 saturated heterocycles. The average molecular weight is 200 g/mol. The van der Waals surface area contributed by atoms with E-state index in [4.69, 9.17) is 5.73 Å². The van der Waals surface area contributed by atoms with E-state index in [0.717, 1.165) is 19.0 Å². The normalized spacial score (nSPS) is 12.9. The zero-order valence-corrected chi connectivity index (χ0v) is 10.6. The third-order valence-corrected chi connectivity index (χ3v) is 3.37. The van der Waals surface area contributed by atoms with Crippen molar-refractivity contribution in [2.24, 2.45) is 11.7 Å². The molecule has 0 saturated carbocycles. The van der Waals surface area contributed by atoms with E-state index < -0.39 is 0 Å². The summed E-state index contributed by atoms with van der Waals surface area (Å²) in [5, 5.41) is 0. The van der Waals surface area contributed by atoms with Gasteiger partial charge in [0.1, 0.15) is 0 Å². The highest BCUT2D eigenvalue weighted by Crippen LogP contribution is 2.17. The Bertz CT molecular complexity index is 139. The number of nitrogens with two attached hydrogens (primary N) is 1. The number of rotatable bonds is 7. The zero-order chi connectivity index (χ0) is 11.2. The summed E-state index contributed by atoms with van der Waals surface area (Å²) in [7, 11) is 0. The SMILES string of the molecule is CCC(CC)CN(CC)C(C)(C)CN. The van der Waals surface area contributed by atoms with Crippen molar-refractivity contribution in [3.63, 3.8) is 0 Å². The molecule has 0 heterocycles. The van der Waals surface area contributed by atoms with Crippen molar-refractivity contribution in [3.8, 4) is 0 Å². The van der Waals surface area contributed by atoms with Gasteiger partial charge in [-0.05, 0) is 26.3 Å². The molecule has 0 fully saturated rings. The molecule has 2 nitrogen and oxygen atoms in total. The van der Waals surface area contributed by atoms with Crippen molar-refractivity contribution in [2.45, 2.75) is 53.0 Å². The Balaban J connectivity index is 4.27. The van der Waals surface area contributed by atoms with Gasteiger partial charge in [0.2, 0.25) is 0 Å². The summed E-state index contributed by atoms with van der Waals surface area (Å²) in [5.41, 5.74) is 5.95. The van der Waals surface area contributed by atoms with Crippen molar-refractivity contribution < 1.29 is 0 Å². The molecule has 14 heavy (non-hydrogen) atoms. The largest absolute Gasteiger partial charge is 0.329 e. The van der Waals surface area contributed by atoms with Gasteiger partial charge in [0.05, 0.1) is 0 Å². The number of hydrogen-bond acceptors (Lipinski definition) is 2. The third-order valence-electron chi connectivity index (χ3n) is 3.37. The van der Waals surface area contributed by atoms with Gasteiger partial charge in [-0.2, -0.15) is 0 Å². The highest BCUT2D eigenvalue weighted by Gasteiger charge is 2.25. The van der Waals surface area contributed by atoms with Crippen LogP contribution in [0.4, 0.5) is 0 Å². The molecule has 0 aliphatic rings. The molecule has 0 aromatic carbocycles. The molecular weight excluding hydrogens is 172 g/mol. The lowest BCUT2D eigenvalue weighted by atomic mass is 9.97. The highest BCUT2D eigenvalue weighted by atomic mass is 15.2. The van der Waals surface area contributed by atoms with Crippen LogP contribution in [0.3, 0.4) is 0 Å². The maximum atomic E-state index is 5.80. The molecule has 0 aliphatic heterocycles. The molecule has 0 amide bonds. The summed E-state index contributed by atoms with van der Waals surface area (Å²) in [6.45, 7) is 14.3. The number of hydrogen-bond donors (Lipinski definition) is 1. The minimum absolute atomic E-state index is 0.150. The molecule has 0 spiro atoms. The van der Waals surface area contributed by atoms with Gasteiger partial charge < -0.3 is 5.73 Å². The fourth-order valence-electron chi connectivity index (χ4n) is 1.79. The van der Waals surface area contributed by atoms with Gasteiger partial charge in [0.15, 0.2) is 0 Å². The topological polar surface area (TPSA) is 29.3 Å². The first-order valence-electron chi connectivity index (χ1n) is 5.96. The first-order chi connectivity index (χ1) is 6.51. The molecule has 0 bridgehead atoms. The van der Waals surface area contributed by atoms with Crippen molar-refractivity contribution in [2.75, 3.05) is 19.6 Å². The Morgan fingerprint density at radius 3 is 1.93 bits per heavy atom. The lowest BCUT2D eigenvalue weighted by molar-refractivity contribution is 0.109. The lowest BCUT2D eigenvalue weighted by Gasteiger charge is -2.39. The van der Waals surface area contributed by atoms with Crippen molar-refractivity contribution >= 4 is 0 Å². The van der Waals surface area contributed by atoms with Crippen LogP contribution in [0.1, 0.15) is 47.5 Å². The van der Waals surface area contributed by atoms with Gasteiger partial charge in [-0.1, -0.05) is 33.6 Å². The van der Waals surface area contributed by atoms with E-state index in [1.165, 1.54) is 19.4 Å². The quantitative estimate of drug-likeness (QED) is 0.684. The summed E-state index contributed by atoms with van der Waals surface area (Å²) in [4.78, 5) is 2.50. The highest BCUT2D eigenvalue weighted by molar-refractivity contribution is 4.82. The minimum atomic E-state index is 0.150. The standard InChI is InChI=1S/C12H28N2/c1-6-11(7-2)9-14(8-3)12(4,5)10-13/h11H,6-10,13H2,1-5H3. The van der Waals surface area contributed by atoms with Gasteiger partial charge in [-0.15, -0.1) is 0 Å². The monoisotopic (exact) mass is 200 g/mol. The molecule has 86 valence electrons. The number of likely N-dealkylation sites (N-methyl/N-ethyl adjacent to an activating group) is 1. The van der Waals surface area contributed by atoms with Gasteiger partial charge in [0.25, 0.3) is 0 Å². The van der Waals surface area contributed by atoms with Gasteiger partial charge >= 0.3 is 0 Å². The summed E-state index contributed by atoms with van der Waals surface area (Å²) in [6.07, 6.45) is 2.54. The van der Waals surface area contributed by atoms with Crippen LogP contribution in [0.25, 0.3) is 0 Å². The van der Waals surface area contributed by atoms with Crippen LogP contribution in [0.15, 0.2) is 0 Å². The molecule has 2 heteroatoms. The Morgan fingerprint density at radius 1 is 1.14 bits per heavy atom. The van der Waals surface area contributed by atoms with E-state index in [9.17, 15) is 0 Å². The molecule has 0 aromatic rings. The van der Waals surface area contributed by atoms with Gasteiger partial charge in [0, 0.05) is 18.6 Å². The minimum Gasteiger partial charge on any atom is -0.329 e. The maximum Gasteiger partial charge on any atom is 0.0275 e. The maximum absolute atomic E-state index is 5.80. The van der Waals surface area contributed by atoms with E-state index in [2.05, 4.69) is 39.5 Å². The molecule has 0 radical (unpaired) electrons. The van der Waals surface area contributed by atoms with Gasteiger partial charge in [-0.25, -0.2) is 0 Å². The Hall–Kier alpha value is -0.0800. The molecule has 0 atom stereocenters. The molecule has 0 aliphatic carbocycles. The second kappa shape index (κ2) is 6.41. The summed E-state index contributed by atoms with van der Waals surface area (Å²) < 4.78 is 0. The average Bonchev–Trinajstić information content (AvgIpc) is 2.19. The lowest BCUT2D eigenvalue weighted by Crippen LogP contribution is -2.50. The second-order valence-corrected chi connectivity index (χ2v) is 4.74. The van der Waals surface area contributed by atoms with Gasteiger partial charge in [-0.3, -0.25) is 4.90 Å². The predicted molar refractivity (Wildman–Crippen MR) is 64.5 cm³/mol. The van der Waals surface area contributed by atoms with Crippen LogP contribution in [-0.4, -0.2) is 30.1 Å². The second-order valence-electron chi connectivity index (χ2n) is 4.74. The van der Waals surface area contributed by atoms with Crippen LogP contribution in [-0.2, 0) is 0 Å². The van der Waals surface area contributed by atoms with Crippen molar-refractivity contribution in [3.05, 3.63) is 0 Å². The molecule has 2 N–H and O–H groups in total. The fraction of sp³-hybridized carbons (Fsp3) is 1.00. The van der Waals surface area contributed by atoms with E-state index in [-0.39, 0.29) is 5.54 Å². The van der Waals surface area contributed by atoms with Crippen molar-refractivity contribution in [1.82, 2.24) is 4.90 Å². The van der Waals surface area contributed by atoms with E-state index >= 15 is 0 Å². The molecule has 0 unspecified atom stereocenters.